The van der Waals surface area contributed by atoms with Gasteiger partial charge in [-0.15, -0.1) is 0 Å². The minimum atomic E-state index is 0.553. The Hall–Kier alpha value is -1.51. The number of hydrazone groups is 1. The first-order valence-electron chi connectivity index (χ1n) is 4.92. The molecule has 14 heavy (non-hydrogen) atoms. The van der Waals surface area contributed by atoms with Gasteiger partial charge in [0, 0.05) is 11.6 Å². The van der Waals surface area contributed by atoms with Crippen LogP contribution >= 0.6 is 0 Å². The molecule has 1 aliphatic carbocycles. The van der Waals surface area contributed by atoms with Gasteiger partial charge in [0.25, 0.3) is 0 Å². The third kappa shape index (κ3) is 2.05. The van der Waals surface area contributed by atoms with E-state index in [4.69, 9.17) is 5.73 Å². The zero-order valence-electron chi connectivity index (χ0n) is 8.33. The van der Waals surface area contributed by atoms with Gasteiger partial charge in [0.15, 0.2) is 5.84 Å². The fraction of sp³-hybridized carbons (Fsp3) is 0.364. The van der Waals surface area contributed by atoms with Crippen LogP contribution in [0, 0.1) is 6.92 Å². The van der Waals surface area contributed by atoms with Crippen LogP contribution in [-0.2, 0) is 0 Å². The van der Waals surface area contributed by atoms with Crippen molar-refractivity contribution >= 4 is 5.84 Å². The zero-order valence-corrected chi connectivity index (χ0v) is 8.33. The number of rotatable bonds is 3. The molecule has 0 heterocycles. The number of benzene rings is 1. The highest BCUT2D eigenvalue weighted by atomic mass is 15.3. The number of nitrogens with one attached hydrogen (secondary N) is 1. The van der Waals surface area contributed by atoms with Gasteiger partial charge in [0.05, 0.1) is 0 Å². The summed E-state index contributed by atoms with van der Waals surface area (Å²) in [5.74, 6) is 0.579. The van der Waals surface area contributed by atoms with E-state index in [1.165, 1.54) is 12.8 Å². The Bertz CT molecular complexity index is 353. The molecule has 0 spiro atoms. The molecule has 3 nitrogen and oxygen atoms in total. The van der Waals surface area contributed by atoms with Gasteiger partial charge in [0.1, 0.15) is 0 Å². The molecule has 1 aromatic carbocycles. The first kappa shape index (κ1) is 9.06. The Morgan fingerprint density at radius 2 is 2.14 bits per heavy atom. The Morgan fingerprint density at radius 1 is 1.43 bits per heavy atom. The highest BCUT2D eigenvalue weighted by Crippen LogP contribution is 2.18. The molecule has 0 aliphatic heterocycles. The van der Waals surface area contributed by atoms with Crippen molar-refractivity contribution in [3.05, 3.63) is 35.4 Å². The fourth-order valence-electron chi connectivity index (χ4n) is 1.29. The van der Waals surface area contributed by atoms with Crippen molar-refractivity contribution in [2.45, 2.75) is 25.8 Å². The second-order valence-corrected chi connectivity index (χ2v) is 3.72. The van der Waals surface area contributed by atoms with Crippen molar-refractivity contribution in [2.75, 3.05) is 0 Å². The van der Waals surface area contributed by atoms with E-state index in [2.05, 4.69) is 10.5 Å². The van der Waals surface area contributed by atoms with E-state index in [9.17, 15) is 0 Å². The van der Waals surface area contributed by atoms with Crippen LogP contribution in [0.25, 0.3) is 0 Å². The normalized spacial score (nSPS) is 16.8. The smallest absolute Gasteiger partial charge is 0.150 e. The first-order chi connectivity index (χ1) is 6.77. The zero-order chi connectivity index (χ0) is 9.97. The topological polar surface area (TPSA) is 50.4 Å². The lowest BCUT2D eigenvalue weighted by molar-refractivity contribution is 0.736. The Kier molecular flexibility index (Phi) is 2.39. The number of nitrogens with zero attached hydrogens (tertiary/aromatic N) is 1. The third-order valence-corrected chi connectivity index (χ3v) is 2.37. The summed E-state index contributed by atoms with van der Waals surface area (Å²) in [5.41, 5.74) is 11.1. The summed E-state index contributed by atoms with van der Waals surface area (Å²) in [7, 11) is 0. The molecule has 0 radical (unpaired) electrons. The molecular formula is C11H15N3. The molecule has 74 valence electrons. The number of hydrogen-bond acceptors (Lipinski definition) is 2. The van der Waals surface area contributed by atoms with Crippen LogP contribution in [0.2, 0.25) is 0 Å². The number of hydrogen-bond donors (Lipinski definition) is 2. The third-order valence-electron chi connectivity index (χ3n) is 2.37. The lowest BCUT2D eigenvalue weighted by atomic mass is 10.1. The number of amidine groups is 1. The highest BCUT2D eigenvalue weighted by Gasteiger charge is 2.20. The molecule has 0 saturated heterocycles. The lowest BCUT2D eigenvalue weighted by Crippen LogP contribution is -2.20. The largest absolute Gasteiger partial charge is 0.382 e. The van der Waals surface area contributed by atoms with Crippen LogP contribution in [0.4, 0.5) is 0 Å². The van der Waals surface area contributed by atoms with Crippen molar-refractivity contribution in [1.29, 1.82) is 0 Å². The van der Waals surface area contributed by atoms with E-state index in [0.717, 1.165) is 11.1 Å². The van der Waals surface area contributed by atoms with Crippen molar-refractivity contribution < 1.29 is 0 Å². The van der Waals surface area contributed by atoms with Crippen LogP contribution in [0.15, 0.2) is 29.4 Å². The maximum atomic E-state index is 5.86. The van der Waals surface area contributed by atoms with Gasteiger partial charge in [-0.25, -0.2) is 0 Å². The monoisotopic (exact) mass is 189 g/mol. The van der Waals surface area contributed by atoms with Crippen LogP contribution in [0.3, 0.4) is 0 Å². The number of nitrogens with two attached hydrogens (primary N) is 1. The second kappa shape index (κ2) is 3.70. The summed E-state index contributed by atoms with van der Waals surface area (Å²) in [6, 6.07) is 8.55. The molecule has 0 atom stereocenters. The molecule has 3 N–H and O–H groups in total. The summed E-state index contributed by atoms with van der Waals surface area (Å²) in [6.45, 7) is 2.04. The van der Waals surface area contributed by atoms with E-state index in [1.54, 1.807) is 0 Å². The molecule has 1 aliphatic rings. The first-order valence-corrected chi connectivity index (χ1v) is 4.92. The molecule has 0 amide bonds. The van der Waals surface area contributed by atoms with Gasteiger partial charge in [-0.1, -0.05) is 24.3 Å². The second-order valence-electron chi connectivity index (χ2n) is 3.72. The molecule has 0 bridgehead atoms. The van der Waals surface area contributed by atoms with Crippen molar-refractivity contribution in [3.8, 4) is 0 Å². The summed E-state index contributed by atoms with van der Waals surface area (Å²) in [6.07, 6.45) is 2.43. The average molecular weight is 189 g/mol. The Morgan fingerprint density at radius 3 is 2.79 bits per heavy atom. The summed E-state index contributed by atoms with van der Waals surface area (Å²) in [4.78, 5) is 0. The Balaban J connectivity index is 2.12. The van der Waals surface area contributed by atoms with Gasteiger partial charge in [0.2, 0.25) is 0 Å². The average Bonchev–Trinajstić information content (AvgIpc) is 2.98. The van der Waals surface area contributed by atoms with Gasteiger partial charge < -0.3 is 11.2 Å². The molecule has 1 aromatic rings. The molecule has 2 rings (SSSR count). The van der Waals surface area contributed by atoms with E-state index < -0.39 is 0 Å². The maximum Gasteiger partial charge on any atom is 0.150 e. The number of aryl methyl sites for hydroxylation is 1. The van der Waals surface area contributed by atoms with E-state index in [0.29, 0.717) is 11.9 Å². The Labute approximate surface area is 84.0 Å². The van der Waals surface area contributed by atoms with Gasteiger partial charge in [-0.3, -0.25) is 0 Å². The molecule has 0 unspecified atom stereocenters. The fourth-order valence-corrected chi connectivity index (χ4v) is 1.29. The predicted octanol–water partition coefficient (Wildman–Crippen LogP) is 1.37. The molecule has 1 fully saturated rings. The summed E-state index contributed by atoms with van der Waals surface area (Å²) in [5, 5.41) is 4.16. The van der Waals surface area contributed by atoms with Gasteiger partial charge >= 0.3 is 0 Å². The molecular weight excluding hydrogens is 174 g/mol. The van der Waals surface area contributed by atoms with Crippen LogP contribution in [0.5, 0.6) is 0 Å². The van der Waals surface area contributed by atoms with E-state index in [1.807, 2.05) is 31.2 Å². The summed E-state index contributed by atoms with van der Waals surface area (Å²) < 4.78 is 0. The lowest BCUT2D eigenvalue weighted by Gasteiger charge is -2.04. The van der Waals surface area contributed by atoms with Crippen LogP contribution < -0.4 is 11.2 Å². The molecule has 3 heteroatoms. The highest BCUT2D eigenvalue weighted by molar-refractivity contribution is 5.98. The van der Waals surface area contributed by atoms with E-state index >= 15 is 0 Å². The summed E-state index contributed by atoms with van der Waals surface area (Å²) >= 11 is 0. The van der Waals surface area contributed by atoms with Crippen LogP contribution in [0.1, 0.15) is 24.0 Å². The van der Waals surface area contributed by atoms with Gasteiger partial charge in [-0.2, -0.15) is 5.10 Å². The van der Waals surface area contributed by atoms with Gasteiger partial charge in [-0.05, 0) is 25.3 Å². The standard InChI is InChI=1S/C11H15N3/c1-8-4-2-3-5-10(8)11(12)14-13-9-6-7-9/h2-5,9,13H,6-7H2,1H3,(H2,12,14). The maximum absolute atomic E-state index is 5.86. The SMILES string of the molecule is Cc1ccccc1C(N)=NNC1CC1. The van der Waals surface area contributed by atoms with E-state index in [-0.39, 0.29) is 0 Å². The molecule has 0 aromatic heterocycles. The van der Waals surface area contributed by atoms with Crippen molar-refractivity contribution in [1.82, 2.24) is 5.43 Å². The quantitative estimate of drug-likeness (QED) is 0.428. The van der Waals surface area contributed by atoms with Crippen LogP contribution in [-0.4, -0.2) is 11.9 Å². The predicted molar refractivity (Wildman–Crippen MR) is 58.1 cm³/mol. The minimum Gasteiger partial charge on any atom is -0.382 e. The van der Waals surface area contributed by atoms with Crippen molar-refractivity contribution in [3.63, 3.8) is 0 Å². The van der Waals surface area contributed by atoms with Crippen molar-refractivity contribution in [2.24, 2.45) is 10.8 Å². The molecule has 1 saturated carbocycles. The minimum absolute atomic E-state index is 0.553.